The fraction of sp³-hybridized carbons (Fsp3) is 0.700. The summed E-state index contributed by atoms with van der Waals surface area (Å²) in [4.78, 5) is 14.8. The highest BCUT2D eigenvalue weighted by atomic mass is 16.4. The average molecular weight is 209 g/mol. The molecule has 0 bridgehead atoms. The zero-order chi connectivity index (χ0) is 11.1. The molecule has 0 amide bonds. The van der Waals surface area contributed by atoms with Crippen molar-refractivity contribution >= 4 is 5.97 Å². The van der Waals surface area contributed by atoms with Crippen molar-refractivity contribution in [3.8, 4) is 0 Å². The van der Waals surface area contributed by atoms with Gasteiger partial charge in [-0.05, 0) is 17.8 Å². The van der Waals surface area contributed by atoms with Crippen LogP contribution in [0.1, 0.15) is 20.3 Å². The molecule has 5 nitrogen and oxygen atoms in total. The number of hydrogen-bond donors (Lipinski definition) is 1. The van der Waals surface area contributed by atoms with E-state index in [0.29, 0.717) is 0 Å². The van der Waals surface area contributed by atoms with Crippen molar-refractivity contribution in [1.29, 1.82) is 0 Å². The van der Waals surface area contributed by atoms with E-state index in [1.54, 1.807) is 11.0 Å². The third kappa shape index (κ3) is 1.73. The Kier molecular flexibility index (Phi) is 2.25. The number of carboxylic acid groups (broad SMARTS) is 1. The Hall–Kier alpha value is -1.39. The number of hydrogen-bond acceptors (Lipinski definition) is 3. The number of nitrogens with zero attached hydrogens (tertiary/aromatic N) is 3. The van der Waals surface area contributed by atoms with Crippen molar-refractivity contribution in [3.63, 3.8) is 0 Å². The minimum absolute atomic E-state index is 0.0631. The predicted molar refractivity (Wildman–Crippen MR) is 53.0 cm³/mol. The Morgan fingerprint density at radius 3 is 2.80 bits per heavy atom. The van der Waals surface area contributed by atoms with E-state index < -0.39 is 5.97 Å². The highest BCUT2D eigenvalue weighted by Gasteiger charge is 2.61. The first-order valence-corrected chi connectivity index (χ1v) is 5.08. The lowest BCUT2D eigenvalue weighted by atomic mass is 10.1. The zero-order valence-electron chi connectivity index (χ0n) is 8.92. The molecule has 1 saturated carbocycles. The summed E-state index contributed by atoms with van der Waals surface area (Å²) in [5.74, 6) is -0.608. The van der Waals surface area contributed by atoms with Gasteiger partial charge in [-0.1, -0.05) is 13.8 Å². The largest absolute Gasteiger partial charge is 0.481 e. The molecule has 0 aliphatic heterocycles. The van der Waals surface area contributed by atoms with Gasteiger partial charge in [0.05, 0.1) is 5.92 Å². The van der Waals surface area contributed by atoms with E-state index in [2.05, 4.69) is 10.1 Å². The summed E-state index contributed by atoms with van der Waals surface area (Å²) < 4.78 is 1.74. The summed E-state index contributed by atoms with van der Waals surface area (Å²) >= 11 is 0. The van der Waals surface area contributed by atoms with Crippen LogP contribution in [0.25, 0.3) is 0 Å². The third-order valence-electron chi connectivity index (χ3n) is 3.45. The summed E-state index contributed by atoms with van der Waals surface area (Å²) in [5.41, 5.74) is -0.0631. The molecule has 1 aliphatic carbocycles. The van der Waals surface area contributed by atoms with Crippen LogP contribution < -0.4 is 0 Å². The summed E-state index contributed by atoms with van der Waals surface area (Å²) in [6.07, 6.45) is 4.01. The molecule has 1 fully saturated rings. The van der Waals surface area contributed by atoms with E-state index in [-0.39, 0.29) is 17.3 Å². The van der Waals surface area contributed by atoms with Crippen LogP contribution in [0.5, 0.6) is 0 Å². The lowest BCUT2D eigenvalue weighted by Gasteiger charge is -2.01. The van der Waals surface area contributed by atoms with Crippen LogP contribution in [-0.4, -0.2) is 25.8 Å². The quantitative estimate of drug-likeness (QED) is 0.804. The number of carbonyl (C=O) groups is 1. The van der Waals surface area contributed by atoms with Gasteiger partial charge in [-0.15, -0.1) is 0 Å². The van der Waals surface area contributed by atoms with Crippen molar-refractivity contribution in [1.82, 2.24) is 14.8 Å². The minimum Gasteiger partial charge on any atom is -0.481 e. The Morgan fingerprint density at radius 2 is 2.33 bits per heavy atom. The molecule has 1 aromatic rings. The molecular weight excluding hydrogens is 194 g/mol. The second-order valence-corrected chi connectivity index (χ2v) is 4.69. The molecule has 2 atom stereocenters. The lowest BCUT2D eigenvalue weighted by molar-refractivity contribution is -0.139. The van der Waals surface area contributed by atoms with Crippen molar-refractivity contribution in [2.24, 2.45) is 17.3 Å². The SMILES string of the molecule is CC1(C)[C@@H](CCn2cncn2)[C@@H]1C(=O)O. The number of aromatic nitrogens is 3. The van der Waals surface area contributed by atoms with Crippen LogP contribution in [0, 0.1) is 17.3 Å². The number of aryl methyl sites for hydroxylation is 1. The number of carboxylic acids is 1. The molecular formula is C10H15N3O2. The predicted octanol–water partition coefficient (Wildman–Crippen LogP) is 1.02. The van der Waals surface area contributed by atoms with E-state index in [1.165, 1.54) is 6.33 Å². The molecule has 1 heterocycles. The van der Waals surface area contributed by atoms with Gasteiger partial charge in [-0.3, -0.25) is 9.48 Å². The minimum atomic E-state index is -0.677. The molecule has 5 heteroatoms. The van der Waals surface area contributed by atoms with E-state index >= 15 is 0 Å². The van der Waals surface area contributed by atoms with Crippen LogP contribution in [0.3, 0.4) is 0 Å². The fourth-order valence-corrected chi connectivity index (χ4v) is 2.39. The van der Waals surface area contributed by atoms with Crippen molar-refractivity contribution in [3.05, 3.63) is 12.7 Å². The summed E-state index contributed by atoms with van der Waals surface area (Å²) in [6, 6.07) is 0. The van der Waals surface area contributed by atoms with Crippen molar-refractivity contribution < 1.29 is 9.90 Å². The maximum atomic E-state index is 10.9. The Labute approximate surface area is 88.1 Å². The van der Waals surface area contributed by atoms with Gasteiger partial charge in [-0.2, -0.15) is 5.10 Å². The molecule has 2 rings (SSSR count). The van der Waals surface area contributed by atoms with Gasteiger partial charge in [-0.25, -0.2) is 4.98 Å². The molecule has 0 spiro atoms. The highest BCUT2D eigenvalue weighted by Crippen LogP contribution is 2.60. The van der Waals surface area contributed by atoms with Crippen LogP contribution in [0.15, 0.2) is 12.7 Å². The van der Waals surface area contributed by atoms with Gasteiger partial charge in [0, 0.05) is 6.54 Å². The lowest BCUT2D eigenvalue weighted by Crippen LogP contribution is -2.04. The van der Waals surface area contributed by atoms with E-state index in [4.69, 9.17) is 5.11 Å². The van der Waals surface area contributed by atoms with Gasteiger partial charge in [0.15, 0.2) is 0 Å². The molecule has 0 saturated heterocycles. The highest BCUT2D eigenvalue weighted by molar-refractivity contribution is 5.75. The van der Waals surface area contributed by atoms with E-state index in [0.717, 1.165) is 13.0 Å². The van der Waals surface area contributed by atoms with Gasteiger partial charge < -0.3 is 5.11 Å². The molecule has 1 N–H and O–H groups in total. The van der Waals surface area contributed by atoms with Gasteiger partial charge in [0.1, 0.15) is 12.7 Å². The second kappa shape index (κ2) is 3.32. The van der Waals surface area contributed by atoms with Crippen molar-refractivity contribution in [2.75, 3.05) is 0 Å². The first-order valence-electron chi connectivity index (χ1n) is 5.08. The van der Waals surface area contributed by atoms with Gasteiger partial charge in [0.25, 0.3) is 0 Å². The smallest absolute Gasteiger partial charge is 0.307 e. The third-order valence-corrected chi connectivity index (χ3v) is 3.45. The van der Waals surface area contributed by atoms with Crippen molar-refractivity contribution in [2.45, 2.75) is 26.8 Å². The number of aliphatic carboxylic acids is 1. The molecule has 0 radical (unpaired) electrons. The first kappa shape index (κ1) is 10.1. The molecule has 0 unspecified atom stereocenters. The first-order chi connectivity index (χ1) is 7.03. The standard InChI is InChI=1S/C10H15N3O2/c1-10(2)7(8(10)9(14)15)3-4-13-6-11-5-12-13/h5-8H,3-4H2,1-2H3,(H,14,15)/t7-,8+/m0/s1. The fourth-order valence-electron chi connectivity index (χ4n) is 2.39. The Bertz CT molecular complexity index is 359. The maximum absolute atomic E-state index is 10.9. The number of rotatable bonds is 4. The average Bonchev–Trinajstić information content (AvgIpc) is 2.55. The topological polar surface area (TPSA) is 68.0 Å². The van der Waals surface area contributed by atoms with E-state index in [1.807, 2.05) is 13.8 Å². The summed E-state index contributed by atoms with van der Waals surface area (Å²) in [7, 11) is 0. The van der Waals surface area contributed by atoms with Gasteiger partial charge in [0.2, 0.25) is 0 Å². The van der Waals surface area contributed by atoms with Crippen LogP contribution >= 0.6 is 0 Å². The summed E-state index contributed by atoms with van der Waals surface area (Å²) in [5, 5.41) is 13.0. The Morgan fingerprint density at radius 1 is 1.60 bits per heavy atom. The monoisotopic (exact) mass is 209 g/mol. The molecule has 82 valence electrons. The van der Waals surface area contributed by atoms with Gasteiger partial charge >= 0.3 is 5.97 Å². The molecule has 1 aromatic heterocycles. The maximum Gasteiger partial charge on any atom is 0.307 e. The molecule has 15 heavy (non-hydrogen) atoms. The second-order valence-electron chi connectivity index (χ2n) is 4.69. The van der Waals surface area contributed by atoms with E-state index in [9.17, 15) is 4.79 Å². The Balaban J connectivity index is 1.90. The zero-order valence-corrected chi connectivity index (χ0v) is 8.92. The summed E-state index contributed by atoms with van der Waals surface area (Å²) in [6.45, 7) is 4.77. The van der Waals surface area contributed by atoms with Crippen LogP contribution in [0.4, 0.5) is 0 Å². The molecule has 0 aromatic carbocycles. The van der Waals surface area contributed by atoms with Crippen LogP contribution in [0.2, 0.25) is 0 Å². The molecule has 1 aliphatic rings. The normalized spacial score (nSPS) is 27.6. The van der Waals surface area contributed by atoms with Crippen LogP contribution in [-0.2, 0) is 11.3 Å².